The van der Waals surface area contributed by atoms with E-state index in [-0.39, 0.29) is 0 Å². The van der Waals surface area contributed by atoms with E-state index in [1.807, 2.05) is 12.4 Å². The van der Waals surface area contributed by atoms with Gasteiger partial charge in [-0.15, -0.1) is 0 Å². The summed E-state index contributed by atoms with van der Waals surface area (Å²) in [5.41, 5.74) is 2.57. The molecule has 2 heteroatoms. The van der Waals surface area contributed by atoms with Crippen molar-refractivity contribution in [3.8, 4) is 0 Å². The smallest absolute Gasteiger partial charge is 0.0361 e. The minimum Gasteiger partial charge on any atom is -0.353 e. The fourth-order valence-electron chi connectivity index (χ4n) is 1.66. The van der Waals surface area contributed by atoms with Crippen LogP contribution in [0.5, 0.6) is 0 Å². The summed E-state index contributed by atoms with van der Waals surface area (Å²) < 4.78 is 2.14. The summed E-state index contributed by atoms with van der Waals surface area (Å²) in [6.07, 6.45) is 5.94. The van der Waals surface area contributed by atoms with Crippen molar-refractivity contribution in [2.24, 2.45) is 7.05 Å². The molecule has 0 saturated heterocycles. The van der Waals surface area contributed by atoms with E-state index in [1.165, 1.54) is 22.0 Å². The first-order chi connectivity index (χ1) is 5.70. The van der Waals surface area contributed by atoms with E-state index >= 15 is 0 Å². The molecule has 0 unspecified atom stereocenters. The zero-order chi connectivity index (χ0) is 8.72. The Hall–Kier alpha value is -1.31. The van der Waals surface area contributed by atoms with Gasteiger partial charge in [-0.3, -0.25) is 4.98 Å². The highest BCUT2D eigenvalue weighted by molar-refractivity contribution is 5.87. The van der Waals surface area contributed by atoms with Gasteiger partial charge in [-0.05, 0) is 19.4 Å². The molecule has 0 bridgehead atoms. The molecule has 2 aromatic rings. The van der Waals surface area contributed by atoms with Crippen molar-refractivity contribution in [3.63, 3.8) is 0 Å². The molecule has 0 aliphatic carbocycles. The summed E-state index contributed by atoms with van der Waals surface area (Å²) in [6.45, 7) is 4.23. The van der Waals surface area contributed by atoms with Crippen molar-refractivity contribution in [1.29, 1.82) is 0 Å². The normalized spacial score (nSPS) is 10.9. The van der Waals surface area contributed by atoms with Gasteiger partial charge in [0.05, 0.1) is 0 Å². The van der Waals surface area contributed by atoms with Gasteiger partial charge in [-0.2, -0.15) is 0 Å². The molecule has 62 valence electrons. The molecule has 0 spiro atoms. The summed E-state index contributed by atoms with van der Waals surface area (Å²) in [7, 11) is 2.06. The monoisotopic (exact) mass is 160 g/mol. The standard InChI is InChI=1S/C10H12N2/c1-7-4-11-5-9-6-12(3)8(2)10(7)9/h4-6H,1-3H3. The number of pyridine rings is 1. The zero-order valence-corrected chi connectivity index (χ0v) is 7.63. The van der Waals surface area contributed by atoms with E-state index in [2.05, 4.69) is 36.6 Å². The number of aryl methyl sites for hydroxylation is 3. The molecule has 0 radical (unpaired) electrons. The van der Waals surface area contributed by atoms with Gasteiger partial charge in [0, 0.05) is 42.1 Å². The number of rotatable bonds is 0. The van der Waals surface area contributed by atoms with E-state index in [4.69, 9.17) is 0 Å². The van der Waals surface area contributed by atoms with Gasteiger partial charge in [-0.25, -0.2) is 0 Å². The fraction of sp³-hybridized carbons (Fsp3) is 0.300. The lowest BCUT2D eigenvalue weighted by molar-refractivity contribution is 0.888. The molecule has 2 heterocycles. The third-order valence-electron chi connectivity index (χ3n) is 2.39. The summed E-state index contributed by atoms with van der Waals surface area (Å²) >= 11 is 0. The molecule has 0 atom stereocenters. The Morgan fingerprint density at radius 3 is 2.67 bits per heavy atom. The Morgan fingerprint density at radius 2 is 2.00 bits per heavy atom. The second kappa shape index (κ2) is 2.34. The second-order valence-electron chi connectivity index (χ2n) is 3.25. The van der Waals surface area contributed by atoms with Crippen molar-refractivity contribution < 1.29 is 0 Å². The number of fused-ring (bicyclic) bond motifs is 1. The number of nitrogens with zero attached hydrogens (tertiary/aromatic N) is 2. The predicted octanol–water partition coefficient (Wildman–Crippen LogP) is 2.19. The van der Waals surface area contributed by atoms with E-state index in [0.29, 0.717) is 0 Å². The third kappa shape index (κ3) is 0.843. The highest BCUT2D eigenvalue weighted by Crippen LogP contribution is 2.21. The Balaban J connectivity index is 2.97. The minimum atomic E-state index is 1.23. The number of aromatic nitrogens is 2. The van der Waals surface area contributed by atoms with E-state index in [0.717, 1.165) is 0 Å². The van der Waals surface area contributed by atoms with Crippen LogP contribution >= 0.6 is 0 Å². The second-order valence-corrected chi connectivity index (χ2v) is 3.25. The third-order valence-corrected chi connectivity index (χ3v) is 2.39. The maximum atomic E-state index is 4.15. The average Bonchev–Trinajstić information content (AvgIpc) is 2.29. The number of hydrogen-bond donors (Lipinski definition) is 0. The predicted molar refractivity (Wildman–Crippen MR) is 50.2 cm³/mol. The van der Waals surface area contributed by atoms with Crippen LogP contribution in [0.1, 0.15) is 11.3 Å². The Kier molecular flexibility index (Phi) is 1.43. The highest BCUT2D eigenvalue weighted by atomic mass is 14.9. The van der Waals surface area contributed by atoms with Gasteiger partial charge in [-0.1, -0.05) is 0 Å². The summed E-state index contributed by atoms with van der Waals surface area (Å²) in [5, 5.41) is 2.57. The van der Waals surface area contributed by atoms with Crippen LogP contribution in [0.2, 0.25) is 0 Å². The molecule has 0 saturated carbocycles. The molecule has 2 aromatic heterocycles. The lowest BCUT2D eigenvalue weighted by atomic mass is 10.1. The molecule has 0 aliphatic rings. The van der Waals surface area contributed by atoms with Crippen LogP contribution in [0.15, 0.2) is 18.6 Å². The quantitative estimate of drug-likeness (QED) is 0.577. The van der Waals surface area contributed by atoms with Crippen LogP contribution in [0.4, 0.5) is 0 Å². The largest absolute Gasteiger partial charge is 0.353 e. The maximum absolute atomic E-state index is 4.15. The lowest BCUT2D eigenvalue weighted by Gasteiger charge is -1.97. The van der Waals surface area contributed by atoms with Crippen molar-refractivity contribution in [2.75, 3.05) is 0 Å². The molecule has 0 fully saturated rings. The molecule has 0 aliphatic heterocycles. The Bertz CT molecular complexity index is 427. The molecule has 2 rings (SSSR count). The fourth-order valence-corrected chi connectivity index (χ4v) is 1.66. The first-order valence-electron chi connectivity index (χ1n) is 4.06. The SMILES string of the molecule is Cc1cncc2cn(C)c(C)c12. The first kappa shape index (κ1) is 7.35. The zero-order valence-electron chi connectivity index (χ0n) is 7.63. The Morgan fingerprint density at radius 1 is 1.25 bits per heavy atom. The van der Waals surface area contributed by atoms with Crippen LogP contribution in [-0.2, 0) is 7.05 Å². The van der Waals surface area contributed by atoms with Gasteiger partial charge in [0.15, 0.2) is 0 Å². The van der Waals surface area contributed by atoms with Crippen LogP contribution < -0.4 is 0 Å². The van der Waals surface area contributed by atoms with E-state index in [9.17, 15) is 0 Å². The molecular weight excluding hydrogens is 148 g/mol. The first-order valence-corrected chi connectivity index (χ1v) is 4.06. The van der Waals surface area contributed by atoms with E-state index < -0.39 is 0 Å². The van der Waals surface area contributed by atoms with Crippen LogP contribution in [0, 0.1) is 13.8 Å². The molecule has 12 heavy (non-hydrogen) atoms. The molecule has 2 nitrogen and oxygen atoms in total. The summed E-state index contributed by atoms with van der Waals surface area (Å²) in [4.78, 5) is 4.15. The van der Waals surface area contributed by atoms with Crippen LogP contribution in [-0.4, -0.2) is 9.55 Å². The van der Waals surface area contributed by atoms with Crippen molar-refractivity contribution >= 4 is 10.8 Å². The van der Waals surface area contributed by atoms with Gasteiger partial charge in [0.1, 0.15) is 0 Å². The topological polar surface area (TPSA) is 17.8 Å². The van der Waals surface area contributed by atoms with Gasteiger partial charge < -0.3 is 4.57 Å². The van der Waals surface area contributed by atoms with Gasteiger partial charge >= 0.3 is 0 Å². The molecular formula is C10H12N2. The van der Waals surface area contributed by atoms with E-state index in [1.54, 1.807) is 0 Å². The molecule has 0 amide bonds. The average molecular weight is 160 g/mol. The summed E-state index contributed by atoms with van der Waals surface area (Å²) in [6, 6.07) is 0. The lowest BCUT2D eigenvalue weighted by Crippen LogP contribution is -1.87. The highest BCUT2D eigenvalue weighted by Gasteiger charge is 2.04. The molecule has 0 aromatic carbocycles. The van der Waals surface area contributed by atoms with Crippen LogP contribution in [0.25, 0.3) is 10.8 Å². The number of hydrogen-bond acceptors (Lipinski definition) is 1. The van der Waals surface area contributed by atoms with Gasteiger partial charge in [0.2, 0.25) is 0 Å². The Labute approximate surface area is 71.8 Å². The van der Waals surface area contributed by atoms with Crippen molar-refractivity contribution in [1.82, 2.24) is 9.55 Å². The van der Waals surface area contributed by atoms with Crippen molar-refractivity contribution in [2.45, 2.75) is 13.8 Å². The molecule has 0 N–H and O–H groups in total. The van der Waals surface area contributed by atoms with Gasteiger partial charge in [0.25, 0.3) is 0 Å². The maximum Gasteiger partial charge on any atom is 0.0361 e. The minimum absolute atomic E-state index is 1.23. The summed E-state index contributed by atoms with van der Waals surface area (Å²) in [5.74, 6) is 0. The van der Waals surface area contributed by atoms with Crippen molar-refractivity contribution in [3.05, 3.63) is 29.8 Å². The van der Waals surface area contributed by atoms with Crippen LogP contribution in [0.3, 0.4) is 0 Å².